The number of aliphatic hydroxyl groups is 1. The fourth-order valence-corrected chi connectivity index (χ4v) is 2.30. The summed E-state index contributed by atoms with van der Waals surface area (Å²) in [4.78, 5) is 13.6. The van der Waals surface area contributed by atoms with Gasteiger partial charge in [0, 0.05) is 20.1 Å². The molecule has 2 aromatic rings. The number of urea groups is 1. The molecule has 0 aliphatic carbocycles. The van der Waals surface area contributed by atoms with Gasteiger partial charge in [-0.15, -0.1) is 0 Å². The number of ether oxygens (including phenoxy) is 1. The first-order chi connectivity index (χ1) is 11.0. The second kappa shape index (κ2) is 7.83. The smallest absolute Gasteiger partial charge is 0.317 e. The Morgan fingerprint density at radius 2 is 1.96 bits per heavy atom. The third kappa shape index (κ3) is 4.86. The zero-order valence-corrected chi connectivity index (χ0v) is 13.9. The number of nitrogens with one attached hydrogen (secondary N) is 1. The van der Waals surface area contributed by atoms with Crippen LogP contribution in [0.1, 0.15) is 18.9 Å². The second-order valence-corrected chi connectivity index (χ2v) is 5.77. The lowest BCUT2D eigenvalue weighted by Gasteiger charge is -2.18. The molecule has 0 radical (unpaired) electrons. The number of fused-ring (bicyclic) bond motifs is 1. The molecule has 1 atom stereocenters. The SMILES string of the molecule is COc1ccc2cc(CNC(=O)N(C)CCC(C)O)ccc2c1. The van der Waals surface area contributed by atoms with E-state index in [2.05, 4.69) is 11.4 Å². The Hall–Kier alpha value is -2.27. The molecular weight excluding hydrogens is 292 g/mol. The maximum Gasteiger partial charge on any atom is 0.317 e. The standard InChI is InChI=1S/C18H24N2O3/c1-13(21)8-9-20(2)18(22)19-12-14-4-5-16-11-17(23-3)7-6-15(16)10-14/h4-7,10-11,13,21H,8-9,12H2,1-3H3,(H,19,22). The van der Waals surface area contributed by atoms with Crippen LogP contribution in [0.2, 0.25) is 0 Å². The van der Waals surface area contributed by atoms with E-state index >= 15 is 0 Å². The largest absolute Gasteiger partial charge is 0.497 e. The number of hydrogen-bond donors (Lipinski definition) is 2. The predicted octanol–water partition coefficient (Wildman–Crippen LogP) is 2.76. The number of methoxy groups -OCH3 is 1. The van der Waals surface area contributed by atoms with Crippen molar-refractivity contribution in [3.8, 4) is 5.75 Å². The lowest BCUT2D eigenvalue weighted by Crippen LogP contribution is -2.38. The second-order valence-electron chi connectivity index (χ2n) is 5.77. The van der Waals surface area contributed by atoms with E-state index in [-0.39, 0.29) is 6.03 Å². The van der Waals surface area contributed by atoms with Gasteiger partial charge < -0.3 is 20.1 Å². The highest BCUT2D eigenvalue weighted by Gasteiger charge is 2.09. The summed E-state index contributed by atoms with van der Waals surface area (Å²) in [5.41, 5.74) is 1.04. The topological polar surface area (TPSA) is 61.8 Å². The van der Waals surface area contributed by atoms with Crippen LogP contribution in [0.5, 0.6) is 5.75 Å². The van der Waals surface area contributed by atoms with Crippen molar-refractivity contribution in [1.29, 1.82) is 0 Å². The molecule has 1 unspecified atom stereocenters. The Labute approximate surface area is 136 Å². The van der Waals surface area contributed by atoms with Crippen molar-refractivity contribution in [1.82, 2.24) is 10.2 Å². The monoisotopic (exact) mass is 316 g/mol. The van der Waals surface area contributed by atoms with Gasteiger partial charge in [-0.2, -0.15) is 0 Å². The van der Waals surface area contributed by atoms with Crippen molar-refractivity contribution < 1.29 is 14.6 Å². The number of nitrogens with zero attached hydrogens (tertiary/aromatic N) is 1. The normalized spacial score (nSPS) is 12.0. The van der Waals surface area contributed by atoms with Crippen LogP contribution in [0.4, 0.5) is 4.79 Å². The van der Waals surface area contributed by atoms with Gasteiger partial charge in [0.1, 0.15) is 5.75 Å². The number of carbonyl (C=O) groups excluding carboxylic acids is 1. The van der Waals surface area contributed by atoms with Gasteiger partial charge in [0.05, 0.1) is 13.2 Å². The predicted molar refractivity (Wildman–Crippen MR) is 91.7 cm³/mol. The van der Waals surface area contributed by atoms with Crippen LogP contribution in [0.3, 0.4) is 0 Å². The Morgan fingerprint density at radius 1 is 1.26 bits per heavy atom. The third-order valence-electron chi connectivity index (χ3n) is 3.78. The van der Waals surface area contributed by atoms with Gasteiger partial charge in [-0.1, -0.05) is 18.2 Å². The van der Waals surface area contributed by atoms with Crippen molar-refractivity contribution in [2.75, 3.05) is 20.7 Å². The molecule has 0 spiro atoms. The highest BCUT2D eigenvalue weighted by atomic mass is 16.5. The van der Waals surface area contributed by atoms with Crippen LogP contribution in [0.25, 0.3) is 10.8 Å². The maximum absolute atomic E-state index is 12.0. The molecule has 5 heteroatoms. The Balaban J connectivity index is 1.95. The molecular formula is C18H24N2O3. The number of hydrogen-bond acceptors (Lipinski definition) is 3. The first kappa shape index (κ1) is 17.1. The molecule has 0 heterocycles. The van der Waals surface area contributed by atoms with Gasteiger partial charge in [-0.05, 0) is 47.9 Å². The van der Waals surface area contributed by atoms with E-state index in [1.807, 2.05) is 30.3 Å². The van der Waals surface area contributed by atoms with Gasteiger partial charge in [-0.25, -0.2) is 4.79 Å². The molecule has 2 amide bonds. The summed E-state index contributed by atoms with van der Waals surface area (Å²) in [6, 6.07) is 11.9. The van der Waals surface area contributed by atoms with E-state index in [1.54, 1.807) is 26.0 Å². The molecule has 2 aromatic carbocycles. The Bertz CT molecular complexity index is 670. The van der Waals surface area contributed by atoms with E-state index in [1.165, 1.54) is 0 Å². The number of aliphatic hydroxyl groups excluding tert-OH is 1. The average molecular weight is 316 g/mol. The summed E-state index contributed by atoms with van der Waals surface area (Å²) >= 11 is 0. The van der Waals surface area contributed by atoms with Crippen LogP contribution in [0, 0.1) is 0 Å². The summed E-state index contributed by atoms with van der Waals surface area (Å²) in [5, 5.41) is 14.4. The van der Waals surface area contributed by atoms with E-state index < -0.39 is 6.10 Å². The van der Waals surface area contributed by atoms with Crippen molar-refractivity contribution in [2.24, 2.45) is 0 Å². The first-order valence-electron chi connectivity index (χ1n) is 7.73. The molecule has 0 aromatic heterocycles. The molecule has 0 fully saturated rings. The number of rotatable bonds is 6. The van der Waals surface area contributed by atoms with Crippen LogP contribution in [0.15, 0.2) is 36.4 Å². The summed E-state index contributed by atoms with van der Waals surface area (Å²) in [6.07, 6.45) is 0.171. The van der Waals surface area contributed by atoms with Gasteiger partial charge in [0.15, 0.2) is 0 Å². The van der Waals surface area contributed by atoms with E-state index in [0.29, 0.717) is 19.5 Å². The molecule has 0 aliphatic heterocycles. The molecule has 0 saturated heterocycles. The van der Waals surface area contributed by atoms with Crippen molar-refractivity contribution in [3.63, 3.8) is 0 Å². The number of benzene rings is 2. The molecule has 124 valence electrons. The lowest BCUT2D eigenvalue weighted by atomic mass is 10.1. The highest BCUT2D eigenvalue weighted by molar-refractivity contribution is 5.84. The summed E-state index contributed by atoms with van der Waals surface area (Å²) in [7, 11) is 3.38. The molecule has 0 aliphatic rings. The minimum atomic E-state index is -0.400. The van der Waals surface area contributed by atoms with Gasteiger partial charge in [0.2, 0.25) is 0 Å². The van der Waals surface area contributed by atoms with Crippen molar-refractivity contribution >= 4 is 16.8 Å². The Morgan fingerprint density at radius 3 is 2.65 bits per heavy atom. The zero-order chi connectivity index (χ0) is 16.8. The minimum Gasteiger partial charge on any atom is -0.497 e. The number of amides is 2. The first-order valence-corrected chi connectivity index (χ1v) is 7.73. The van der Waals surface area contributed by atoms with Crippen LogP contribution in [-0.2, 0) is 6.54 Å². The van der Waals surface area contributed by atoms with E-state index in [4.69, 9.17) is 4.74 Å². The Kier molecular flexibility index (Phi) is 5.82. The molecule has 0 bridgehead atoms. The van der Waals surface area contributed by atoms with Crippen LogP contribution in [-0.4, -0.2) is 42.8 Å². The molecule has 5 nitrogen and oxygen atoms in total. The number of carbonyl (C=O) groups is 1. The summed E-state index contributed by atoms with van der Waals surface area (Å²) in [6.45, 7) is 2.72. The van der Waals surface area contributed by atoms with E-state index in [9.17, 15) is 9.90 Å². The van der Waals surface area contributed by atoms with Crippen molar-refractivity contribution in [2.45, 2.75) is 26.0 Å². The molecule has 23 heavy (non-hydrogen) atoms. The van der Waals surface area contributed by atoms with Crippen LogP contribution >= 0.6 is 0 Å². The van der Waals surface area contributed by atoms with Crippen molar-refractivity contribution in [3.05, 3.63) is 42.0 Å². The molecule has 2 rings (SSSR count). The zero-order valence-electron chi connectivity index (χ0n) is 13.9. The van der Waals surface area contributed by atoms with Crippen LogP contribution < -0.4 is 10.1 Å². The summed E-state index contributed by atoms with van der Waals surface area (Å²) < 4.78 is 5.22. The van der Waals surface area contributed by atoms with Gasteiger partial charge in [0.25, 0.3) is 0 Å². The van der Waals surface area contributed by atoms with E-state index in [0.717, 1.165) is 22.1 Å². The third-order valence-corrected chi connectivity index (χ3v) is 3.78. The van der Waals surface area contributed by atoms with Gasteiger partial charge in [-0.3, -0.25) is 0 Å². The highest BCUT2D eigenvalue weighted by Crippen LogP contribution is 2.21. The fourth-order valence-electron chi connectivity index (χ4n) is 2.30. The molecule has 0 saturated carbocycles. The summed E-state index contributed by atoms with van der Waals surface area (Å²) in [5.74, 6) is 0.832. The quantitative estimate of drug-likeness (QED) is 0.861. The molecule has 2 N–H and O–H groups in total. The lowest BCUT2D eigenvalue weighted by molar-refractivity contribution is 0.163. The average Bonchev–Trinajstić information content (AvgIpc) is 2.56. The fraction of sp³-hybridized carbons (Fsp3) is 0.389. The minimum absolute atomic E-state index is 0.138. The maximum atomic E-state index is 12.0. The van der Waals surface area contributed by atoms with Gasteiger partial charge >= 0.3 is 6.03 Å².